The van der Waals surface area contributed by atoms with E-state index in [1.807, 2.05) is 43.3 Å². The van der Waals surface area contributed by atoms with Crippen molar-refractivity contribution in [2.45, 2.75) is 25.8 Å². The molecular formula is C29H31ClFN5O2S. The lowest BCUT2D eigenvalue weighted by atomic mass is 9.96. The summed E-state index contributed by atoms with van der Waals surface area (Å²) in [4.78, 5) is 13.5. The van der Waals surface area contributed by atoms with E-state index in [9.17, 15) is 9.32 Å². The molecule has 0 amide bonds. The van der Waals surface area contributed by atoms with Gasteiger partial charge in [0.15, 0.2) is 11.6 Å². The molecule has 3 heterocycles. The predicted octanol–water partition coefficient (Wildman–Crippen LogP) is 6.23. The first-order valence-electron chi connectivity index (χ1n) is 13.2. The number of anilines is 1. The second kappa shape index (κ2) is 9.87. The first-order valence-corrected chi connectivity index (χ1v) is 15.4. The van der Waals surface area contributed by atoms with E-state index >= 15 is 4.39 Å². The zero-order valence-corrected chi connectivity index (χ0v) is 23.8. The minimum Gasteiger partial charge on any atom is -0.508 e. The van der Waals surface area contributed by atoms with Crippen molar-refractivity contribution in [3.63, 3.8) is 0 Å². The van der Waals surface area contributed by atoms with E-state index in [-0.39, 0.29) is 27.7 Å². The molecule has 0 saturated carbocycles. The number of fused-ring (bicyclic) bond motifs is 2. The van der Waals surface area contributed by atoms with Crippen molar-refractivity contribution in [2.24, 2.45) is 10.3 Å². The second-order valence-corrected chi connectivity index (χ2v) is 13.9. The quantitative estimate of drug-likeness (QED) is 0.315. The number of aromatic nitrogens is 2. The van der Waals surface area contributed by atoms with Crippen LogP contribution in [0.1, 0.15) is 19.8 Å². The minimum atomic E-state index is -2.54. The number of rotatable bonds is 4. The molecule has 7 nitrogen and oxygen atoms in total. The van der Waals surface area contributed by atoms with Gasteiger partial charge in [0, 0.05) is 36.2 Å². The normalized spacial score (nSPS) is 22.0. The molecule has 0 spiro atoms. The molecule has 0 atom stereocenters. The molecule has 3 aromatic carbocycles. The summed E-state index contributed by atoms with van der Waals surface area (Å²) in [5, 5.41) is 12.4. The van der Waals surface area contributed by atoms with Crippen LogP contribution >= 0.6 is 11.6 Å². The smallest absolute Gasteiger partial charge is 0.228 e. The van der Waals surface area contributed by atoms with Crippen LogP contribution in [0.4, 0.5) is 16.2 Å². The van der Waals surface area contributed by atoms with Gasteiger partial charge in [0.1, 0.15) is 11.3 Å². The first-order chi connectivity index (χ1) is 18.6. The van der Waals surface area contributed by atoms with Crippen molar-refractivity contribution in [3.8, 4) is 16.9 Å². The van der Waals surface area contributed by atoms with E-state index in [4.69, 9.17) is 20.9 Å². The van der Waals surface area contributed by atoms with E-state index in [1.54, 1.807) is 12.1 Å². The molecule has 6 rings (SSSR count). The molecule has 0 aliphatic carbocycles. The van der Waals surface area contributed by atoms with Gasteiger partial charge >= 0.3 is 0 Å². The Morgan fingerprint density at radius 2 is 1.82 bits per heavy atom. The van der Waals surface area contributed by atoms with Gasteiger partial charge in [-0.1, -0.05) is 42.8 Å². The van der Waals surface area contributed by atoms with Crippen molar-refractivity contribution < 1.29 is 13.7 Å². The van der Waals surface area contributed by atoms with Crippen LogP contribution in [0.2, 0.25) is 5.02 Å². The van der Waals surface area contributed by atoms with Gasteiger partial charge in [0.2, 0.25) is 5.95 Å². The molecule has 0 bridgehead atoms. The van der Waals surface area contributed by atoms with Crippen LogP contribution in [-0.2, 0) is 9.73 Å². The molecule has 39 heavy (non-hydrogen) atoms. The number of likely N-dealkylation sites (N-methyl/N-ethyl adjacent to an activating group) is 1. The lowest BCUT2D eigenvalue weighted by Crippen LogP contribution is -2.58. The topological polar surface area (TPSA) is 81.9 Å². The highest BCUT2D eigenvalue weighted by atomic mass is 35.5. The van der Waals surface area contributed by atoms with Crippen molar-refractivity contribution in [2.75, 3.05) is 43.6 Å². The Balaban J connectivity index is 1.58. The van der Waals surface area contributed by atoms with Crippen LogP contribution in [0.5, 0.6) is 5.75 Å². The fraction of sp³-hybridized carbons (Fsp3) is 0.379. The molecule has 2 fully saturated rings. The van der Waals surface area contributed by atoms with Crippen molar-refractivity contribution in [3.05, 3.63) is 53.3 Å². The van der Waals surface area contributed by atoms with Gasteiger partial charge < -0.3 is 14.9 Å². The Bertz CT molecular complexity index is 1720. The fourth-order valence-corrected chi connectivity index (χ4v) is 8.02. The molecule has 4 aromatic rings. The summed E-state index contributed by atoms with van der Waals surface area (Å²) in [6.45, 7) is 3.55. The average molecular weight is 568 g/mol. The maximum absolute atomic E-state index is 16.6. The van der Waals surface area contributed by atoms with Crippen molar-refractivity contribution in [1.82, 2.24) is 14.9 Å². The SMILES string of the molecule is CC1CCS(=O)(=Nc2nc(N3CC(N(C)C)C3)nc3c(F)c(-c4cc(O)cc5ccccc45)c(Cl)cc23)CC1. The van der Waals surface area contributed by atoms with E-state index in [0.717, 1.165) is 23.6 Å². The monoisotopic (exact) mass is 567 g/mol. The third-order valence-corrected chi connectivity index (χ3v) is 10.5. The largest absolute Gasteiger partial charge is 0.508 e. The Morgan fingerprint density at radius 3 is 2.54 bits per heavy atom. The summed E-state index contributed by atoms with van der Waals surface area (Å²) in [6, 6.07) is 12.5. The van der Waals surface area contributed by atoms with Crippen molar-refractivity contribution >= 4 is 54.8 Å². The maximum atomic E-state index is 16.6. The number of halogens is 2. The van der Waals surface area contributed by atoms with E-state index in [1.165, 1.54) is 6.07 Å². The molecule has 2 saturated heterocycles. The van der Waals surface area contributed by atoms with E-state index in [2.05, 4.69) is 16.8 Å². The minimum absolute atomic E-state index is 0.0112. The molecule has 2 aliphatic heterocycles. The Labute approximate surface area is 232 Å². The van der Waals surface area contributed by atoms with Crippen LogP contribution in [0, 0.1) is 11.7 Å². The molecule has 2 aliphatic rings. The molecule has 0 radical (unpaired) electrons. The molecule has 1 aromatic heterocycles. The van der Waals surface area contributed by atoms with E-state index < -0.39 is 15.5 Å². The lowest BCUT2D eigenvalue weighted by molar-refractivity contribution is 0.245. The standard InChI is InChI=1S/C29H31ClFN5O2S/c1-17-8-10-39(38,11-9-17)34-28-23-14-24(30)25(22-13-20(37)12-18-6-4-5-7-21(18)22)26(31)27(23)32-29(33-28)36-15-19(16-36)35(2)3/h4-7,12-14,17,19,37H,8-11,15-16H2,1-3H3. The molecule has 10 heteroatoms. The highest BCUT2D eigenvalue weighted by Crippen LogP contribution is 2.43. The van der Waals surface area contributed by atoms with Gasteiger partial charge in [-0.2, -0.15) is 9.35 Å². The summed E-state index contributed by atoms with van der Waals surface area (Å²) in [6.07, 6.45) is 1.66. The Morgan fingerprint density at radius 1 is 1.10 bits per heavy atom. The van der Waals surface area contributed by atoms with Gasteiger partial charge in [0.25, 0.3) is 0 Å². The zero-order valence-electron chi connectivity index (χ0n) is 22.2. The summed E-state index contributed by atoms with van der Waals surface area (Å²) in [5.74, 6) is 1.46. The summed E-state index contributed by atoms with van der Waals surface area (Å²) >= 11 is 6.75. The van der Waals surface area contributed by atoms with Crippen molar-refractivity contribution in [1.29, 1.82) is 0 Å². The summed E-state index contributed by atoms with van der Waals surface area (Å²) in [7, 11) is 1.50. The average Bonchev–Trinajstić information content (AvgIpc) is 2.85. The number of nitrogens with zero attached hydrogens (tertiary/aromatic N) is 5. The summed E-state index contributed by atoms with van der Waals surface area (Å²) in [5.41, 5.74) is 0.695. The highest BCUT2D eigenvalue weighted by molar-refractivity contribution is 7.93. The Hall–Kier alpha value is -3.01. The number of hydrogen-bond acceptors (Lipinski definition) is 7. The predicted molar refractivity (Wildman–Crippen MR) is 157 cm³/mol. The third-order valence-electron chi connectivity index (χ3n) is 7.95. The van der Waals surface area contributed by atoms with Gasteiger partial charge in [-0.05, 0) is 67.4 Å². The molecule has 204 valence electrons. The van der Waals surface area contributed by atoms with Crippen LogP contribution in [0.3, 0.4) is 0 Å². The lowest BCUT2D eigenvalue weighted by Gasteiger charge is -2.42. The van der Waals surface area contributed by atoms with Crippen LogP contribution in [-0.4, -0.2) is 68.9 Å². The maximum Gasteiger partial charge on any atom is 0.228 e. The van der Waals surface area contributed by atoms with Gasteiger partial charge in [-0.3, -0.25) is 0 Å². The zero-order chi connectivity index (χ0) is 27.5. The second-order valence-electron chi connectivity index (χ2n) is 11.0. The number of phenolic OH excluding ortho intramolecular Hbond substituents is 1. The highest BCUT2D eigenvalue weighted by Gasteiger charge is 2.32. The van der Waals surface area contributed by atoms with Crippen LogP contribution in [0.15, 0.2) is 46.8 Å². The number of phenols is 1. The number of hydrogen-bond donors (Lipinski definition) is 1. The first kappa shape index (κ1) is 26.2. The van der Waals surface area contributed by atoms with Gasteiger partial charge in [-0.15, -0.1) is 0 Å². The summed E-state index contributed by atoms with van der Waals surface area (Å²) < 4.78 is 35.0. The fourth-order valence-electron chi connectivity index (χ4n) is 5.34. The van der Waals surface area contributed by atoms with Crippen LogP contribution in [0.25, 0.3) is 32.8 Å². The third kappa shape index (κ3) is 4.81. The molecule has 0 unspecified atom stereocenters. The van der Waals surface area contributed by atoms with E-state index in [0.29, 0.717) is 53.5 Å². The Kier molecular flexibility index (Phi) is 6.64. The van der Waals surface area contributed by atoms with Gasteiger partial charge in [0.05, 0.1) is 20.1 Å². The number of benzene rings is 3. The van der Waals surface area contributed by atoms with Gasteiger partial charge in [-0.25, -0.2) is 13.6 Å². The molecule has 1 N–H and O–H groups in total. The number of aromatic hydroxyl groups is 1. The molecular weight excluding hydrogens is 537 g/mol. The van der Waals surface area contributed by atoms with Crippen LogP contribution < -0.4 is 4.90 Å².